The van der Waals surface area contributed by atoms with Crippen molar-refractivity contribution < 1.29 is 63.3 Å². The highest BCUT2D eigenvalue weighted by Crippen LogP contribution is 2.18. The van der Waals surface area contributed by atoms with Gasteiger partial charge in [-0.1, -0.05) is 27.7 Å². The van der Waals surface area contributed by atoms with Gasteiger partial charge in [0, 0.05) is 26.1 Å². The number of rotatable bonds is 32. The molecule has 1 saturated heterocycles. The van der Waals surface area contributed by atoms with Crippen LogP contribution in [0.4, 0.5) is 0 Å². The normalized spacial score (nSPS) is 16.2. The standard InChI is InChI=1S/C42H75N15O13/c1-21(2)17-27(37(66)55-28(40(69)70)18-22(3)4)54-35(64)25(10-7-15-49-42(46)47)52-38(67)29(20-58)56-36(65)26(12-13-32(60)61)53-39(68)30-11-8-16-57(30)31(59)19-50-34(63)24(51-33(62)23(5)43)9-6-14-48-41(44)45/h21-30,58H,6-20,43H2,1-5H3,(H,50,63)(H,51,62)(H,52,67)(H,53,68)(H,54,64)(H,55,66)(H,56,65)(H,60,61)(H,69,70)(H4,44,45,48)(H4,46,47,49)/t23-,24-,25-,26-,27-,28-,29-,30-/m0/s1. The minimum atomic E-state index is -1.78. The molecule has 1 heterocycles. The lowest BCUT2D eigenvalue weighted by Crippen LogP contribution is -2.60. The molecule has 70 heavy (non-hydrogen) atoms. The first-order valence-corrected chi connectivity index (χ1v) is 23.1. The summed E-state index contributed by atoms with van der Waals surface area (Å²) in [5, 5.41) is 46.5. The molecule has 0 aliphatic carbocycles. The summed E-state index contributed by atoms with van der Waals surface area (Å²) in [5.74, 6) is -10.1. The number of likely N-dealkylation sites (tertiary alicyclic amines) is 1. The first-order chi connectivity index (χ1) is 32.8. The van der Waals surface area contributed by atoms with Crippen LogP contribution >= 0.6 is 0 Å². The largest absolute Gasteiger partial charge is 0.481 e. The second-order valence-electron chi connectivity index (χ2n) is 17.7. The van der Waals surface area contributed by atoms with E-state index in [-0.39, 0.29) is 88.3 Å². The lowest BCUT2D eigenvalue weighted by Gasteiger charge is -2.28. The van der Waals surface area contributed by atoms with Crippen molar-refractivity contribution in [2.45, 2.75) is 147 Å². The van der Waals surface area contributed by atoms with E-state index in [2.05, 4.69) is 47.2 Å². The fraction of sp³-hybridized carbons (Fsp3) is 0.714. The van der Waals surface area contributed by atoms with Crippen LogP contribution in [-0.4, -0.2) is 172 Å². The van der Waals surface area contributed by atoms with E-state index in [1.54, 1.807) is 27.7 Å². The summed E-state index contributed by atoms with van der Waals surface area (Å²) in [6, 6.07) is -10.6. The second-order valence-corrected chi connectivity index (χ2v) is 17.7. The van der Waals surface area contributed by atoms with Crippen LogP contribution in [0.15, 0.2) is 9.98 Å². The monoisotopic (exact) mass is 998 g/mol. The second kappa shape index (κ2) is 31.3. The van der Waals surface area contributed by atoms with E-state index >= 15 is 0 Å². The van der Waals surface area contributed by atoms with Crippen molar-refractivity contribution in [2.24, 2.45) is 50.5 Å². The lowest BCUT2D eigenvalue weighted by atomic mass is 10.00. The number of aliphatic carboxylic acids is 2. The number of carbonyl (C=O) groups excluding carboxylic acids is 8. The molecule has 1 rings (SSSR count). The van der Waals surface area contributed by atoms with Crippen LogP contribution in [0.3, 0.4) is 0 Å². The number of aliphatic hydroxyl groups excluding tert-OH is 1. The third-order valence-corrected chi connectivity index (χ3v) is 10.6. The molecule has 8 atom stereocenters. The number of guanidine groups is 2. The van der Waals surface area contributed by atoms with E-state index in [1.807, 2.05) is 0 Å². The van der Waals surface area contributed by atoms with Crippen LogP contribution < -0.4 is 65.9 Å². The predicted molar refractivity (Wildman–Crippen MR) is 253 cm³/mol. The summed E-state index contributed by atoms with van der Waals surface area (Å²) in [7, 11) is 0. The molecule has 1 fully saturated rings. The maximum absolute atomic E-state index is 13.8. The summed E-state index contributed by atoms with van der Waals surface area (Å²) in [6.45, 7) is 7.07. The molecular weight excluding hydrogens is 923 g/mol. The number of carbonyl (C=O) groups is 10. The number of carboxylic acid groups (broad SMARTS) is 2. The van der Waals surface area contributed by atoms with E-state index in [9.17, 15) is 63.3 Å². The van der Waals surface area contributed by atoms with Crippen LogP contribution in [0.25, 0.3) is 0 Å². The summed E-state index contributed by atoms with van der Waals surface area (Å²) < 4.78 is 0. The Balaban J connectivity index is 3.26. The van der Waals surface area contributed by atoms with Crippen molar-refractivity contribution in [1.29, 1.82) is 0 Å². The van der Waals surface area contributed by atoms with Crippen LogP contribution in [0, 0.1) is 11.8 Å². The van der Waals surface area contributed by atoms with Gasteiger partial charge in [0.2, 0.25) is 47.3 Å². The fourth-order valence-electron chi connectivity index (χ4n) is 7.06. The number of carboxylic acids is 2. The average Bonchev–Trinajstić information content (AvgIpc) is 3.77. The van der Waals surface area contributed by atoms with E-state index in [0.717, 1.165) is 4.90 Å². The Morgan fingerprint density at radius 2 is 1.04 bits per heavy atom. The molecule has 8 amide bonds. The molecule has 0 radical (unpaired) electrons. The van der Waals surface area contributed by atoms with Gasteiger partial charge in [0.05, 0.1) is 19.2 Å². The maximum Gasteiger partial charge on any atom is 0.326 e. The molecule has 0 aromatic heterocycles. The zero-order valence-electron chi connectivity index (χ0n) is 40.5. The quantitative estimate of drug-likeness (QED) is 0.0170. The Morgan fingerprint density at radius 3 is 1.53 bits per heavy atom. The first kappa shape index (κ1) is 61.2. The number of aliphatic imine (C=N–C) groups is 2. The highest BCUT2D eigenvalue weighted by atomic mass is 16.4. The molecule has 28 heteroatoms. The number of nitrogens with zero attached hydrogens (tertiary/aromatic N) is 3. The van der Waals surface area contributed by atoms with Gasteiger partial charge in [0.15, 0.2) is 11.9 Å². The number of aliphatic hydroxyl groups is 1. The molecule has 20 N–H and O–H groups in total. The van der Waals surface area contributed by atoms with Crippen molar-refractivity contribution in [3.05, 3.63) is 0 Å². The van der Waals surface area contributed by atoms with Gasteiger partial charge < -0.3 is 86.1 Å². The van der Waals surface area contributed by atoms with Crippen LogP contribution in [0.5, 0.6) is 0 Å². The lowest BCUT2D eigenvalue weighted by molar-refractivity contribution is -0.143. The summed E-state index contributed by atoms with van der Waals surface area (Å²) >= 11 is 0. The van der Waals surface area contributed by atoms with Crippen molar-refractivity contribution in [1.82, 2.24) is 42.1 Å². The highest BCUT2D eigenvalue weighted by Gasteiger charge is 2.38. The van der Waals surface area contributed by atoms with Crippen LogP contribution in [0.1, 0.15) is 98.8 Å². The molecule has 0 unspecified atom stereocenters. The van der Waals surface area contributed by atoms with Gasteiger partial charge >= 0.3 is 11.9 Å². The number of amides is 8. The van der Waals surface area contributed by atoms with Crippen molar-refractivity contribution >= 4 is 71.1 Å². The average molecular weight is 998 g/mol. The zero-order chi connectivity index (χ0) is 53.2. The maximum atomic E-state index is 13.8. The molecule has 1 aliphatic heterocycles. The highest BCUT2D eigenvalue weighted by molar-refractivity contribution is 5.98. The summed E-state index contributed by atoms with van der Waals surface area (Å²) in [6.07, 6.45) is -0.204. The Labute approximate surface area is 406 Å². The van der Waals surface area contributed by atoms with Gasteiger partial charge in [-0.25, -0.2) is 4.79 Å². The van der Waals surface area contributed by atoms with Gasteiger partial charge in [0.25, 0.3) is 0 Å². The Kier molecular flexibility index (Phi) is 27.4. The van der Waals surface area contributed by atoms with Crippen molar-refractivity contribution in [3.8, 4) is 0 Å². The number of nitrogens with one attached hydrogen (secondary N) is 7. The van der Waals surface area contributed by atoms with Gasteiger partial charge in [-0.05, 0) is 76.5 Å². The Bertz CT molecular complexity index is 1870. The predicted octanol–water partition coefficient (Wildman–Crippen LogP) is -5.51. The van der Waals surface area contributed by atoms with Gasteiger partial charge in [0.1, 0.15) is 42.3 Å². The molecule has 0 spiro atoms. The first-order valence-electron chi connectivity index (χ1n) is 23.1. The number of hydrogen-bond acceptors (Lipinski definition) is 14. The smallest absolute Gasteiger partial charge is 0.326 e. The molecule has 396 valence electrons. The summed E-state index contributed by atoms with van der Waals surface area (Å²) in [5.41, 5.74) is 27.2. The number of hydrogen-bond donors (Lipinski definition) is 15. The molecule has 0 aromatic rings. The zero-order valence-corrected chi connectivity index (χ0v) is 40.5. The third kappa shape index (κ3) is 23.4. The van der Waals surface area contributed by atoms with Gasteiger partial charge in [-0.2, -0.15) is 0 Å². The minimum absolute atomic E-state index is 0.00862. The summed E-state index contributed by atoms with van der Waals surface area (Å²) in [4.78, 5) is 139. The molecule has 28 nitrogen and oxygen atoms in total. The molecule has 1 aliphatic rings. The number of nitrogens with two attached hydrogens (primary N) is 5. The van der Waals surface area contributed by atoms with Crippen molar-refractivity contribution in [3.63, 3.8) is 0 Å². The molecule has 0 saturated carbocycles. The van der Waals surface area contributed by atoms with E-state index < -0.39 is 134 Å². The van der Waals surface area contributed by atoms with Crippen LogP contribution in [-0.2, 0) is 47.9 Å². The SMILES string of the molecule is CC(C)C[C@H](NC(=O)[C@H](CC(C)C)NC(=O)[C@H](CCCN=C(N)N)NC(=O)[C@H](CO)NC(=O)[C@H](CCC(=O)O)NC(=O)[C@@H]1CCCN1C(=O)CNC(=O)[C@H](CCCN=C(N)N)NC(=O)[C@H](C)N)C(=O)O. The topological polar surface area (TPSA) is 474 Å². The Morgan fingerprint density at radius 1 is 0.600 bits per heavy atom. The molecule has 0 bridgehead atoms. The Hall–Kier alpha value is -6.84. The van der Waals surface area contributed by atoms with Crippen LogP contribution in [0.2, 0.25) is 0 Å². The molecular formula is C42H75N15O13. The third-order valence-electron chi connectivity index (χ3n) is 10.6. The minimum Gasteiger partial charge on any atom is -0.481 e. The van der Waals surface area contributed by atoms with E-state index in [0.29, 0.717) is 6.42 Å². The van der Waals surface area contributed by atoms with Gasteiger partial charge in [-0.15, -0.1) is 0 Å². The van der Waals surface area contributed by atoms with Crippen molar-refractivity contribution in [2.75, 3.05) is 32.8 Å². The van der Waals surface area contributed by atoms with E-state index in [1.165, 1.54) is 6.92 Å². The molecule has 0 aromatic carbocycles. The fourth-order valence-corrected chi connectivity index (χ4v) is 7.06. The van der Waals surface area contributed by atoms with Gasteiger partial charge in [-0.3, -0.25) is 53.1 Å². The van der Waals surface area contributed by atoms with E-state index in [4.69, 9.17) is 28.7 Å².